The van der Waals surface area contributed by atoms with Crippen LogP contribution >= 0.6 is 0 Å². The van der Waals surface area contributed by atoms with Gasteiger partial charge < -0.3 is 16.8 Å². The Hall–Kier alpha value is -2.50. The van der Waals surface area contributed by atoms with Crippen molar-refractivity contribution in [3.63, 3.8) is 0 Å². The first-order valence-electron chi connectivity index (χ1n) is 9.52. The standard InChI is InChI=1S/C17H17N3O.C3H9N.C2H6/c1-10-3-4-14(20-8-6-18)16-15(10)11(2)12-5-7-19-9-13(12)17(16)21;1-2-3-4;1-2/h3-5,7,9,20H,2,6,8,18H2,1H3;2-4H2,1H3;1-2H3. The number of carbonyl (C=O) groups is 1. The summed E-state index contributed by atoms with van der Waals surface area (Å²) in [6.45, 7) is 14.2. The number of nitrogens with zero attached hydrogens (tertiary/aromatic N) is 1. The summed E-state index contributed by atoms with van der Waals surface area (Å²) in [6.07, 6.45) is 4.40. The molecule has 0 bridgehead atoms. The van der Waals surface area contributed by atoms with Crippen LogP contribution in [0.1, 0.15) is 59.8 Å². The molecule has 5 nitrogen and oxygen atoms in total. The van der Waals surface area contributed by atoms with E-state index in [4.69, 9.17) is 11.5 Å². The average Bonchev–Trinajstić information content (AvgIpc) is 2.72. The molecule has 0 aliphatic heterocycles. The molecule has 146 valence electrons. The van der Waals surface area contributed by atoms with Crippen molar-refractivity contribution in [3.8, 4) is 0 Å². The van der Waals surface area contributed by atoms with Crippen molar-refractivity contribution in [1.29, 1.82) is 0 Å². The van der Waals surface area contributed by atoms with E-state index in [1.54, 1.807) is 12.4 Å². The number of nitrogens with one attached hydrogen (secondary N) is 1. The number of benzene rings is 1. The Morgan fingerprint density at radius 1 is 1.07 bits per heavy atom. The van der Waals surface area contributed by atoms with Crippen LogP contribution in [-0.4, -0.2) is 30.4 Å². The average molecular weight is 369 g/mol. The van der Waals surface area contributed by atoms with Gasteiger partial charge in [-0.15, -0.1) is 0 Å². The highest BCUT2D eigenvalue weighted by Crippen LogP contribution is 2.39. The topological polar surface area (TPSA) is 94.0 Å². The number of aromatic nitrogens is 1. The summed E-state index contributed by atoms with van der Waals surface area (Å²) in [5, 5.41) is 3.22. The monoisotopic (exact) mass is 368 g/mol. The Balaban J connectivity index is 0.000000541. The third-order valence-electron chi connectivity index (χ3n) is 4.08. The highest BCUT2D eigenvalue weighted by molar-refractivity contribution is 6.21. The first kappa shape index (κ1) is 22.5. The lowest BCUT2D eigenvalue weighted by atomic mass is 9.80. The zero-order valence-corrected chi connectivity index (χ0v) is 16.9. The molecule has 1 aliphatic rings. The van der Waals surface area contributed by atoms with Gasteiger partial charge in [0.05, 0.1) is 5.56 Å². The highest BCUT2D eigenvalue weighted by Gasteiger charge is 2.29. The first-order chi connectivity index (χ1) is 13.1. The second kappa shape index (κ2) is 11.3. The number of pyridine rings is 1. The van der Waals surface area contributed by atoms with Gasteiger partial charge in [-0.2, -0.15) is 0 Å². The van der Waals surface area contributed by atoms with E-state index >= 15 is 0 Å². The van der Waals surface area contributed by atoms with E-state index in [-0.39, 0.29) is 5.78 Å². The third kappa shape index (κ3) is 5.02. The molecule has 1 aromatic carbocycles. The van der Waals surface area contributed by atoms with Gasteiger partial charge in [0.25, 0.3) is 0 Å². The van der Waals surface area contributed by atoms with Gasteiger partial charge in [-0.25, -0.2) is 0 Å². The third-order valence-corrected chi connectivity index (χ3v) is 4.08. The quantitative estimate of drug-likeness (QED) is 0.652. The molecule has 0 fully saturated rings. The molecule has 0 unspecified atom stereocenters. The fourth-order valence-corrected chi connectivity index (χ4v) is 2.79. The van der Waals surface area contributed by atoms with Gasteiger partial charge in [0, 0.05) is 36.7 Å². The van der Waals surface area contributed by atoms with Crippen LogP contribution < -0.4 is 16.8 Å². The minimum Gasteiger partial charge on any atom is -0.383 e. The fraction of sp³-hybridized carbons (Fsp3) is 0.364. The van der Waals surface area contributed by atoms with Gasteiger partial charge in [-0.1, -0.05) is 33.4 Å². The maximum absolute atomic E-state index is 12.8. The fourth-order valence-electron chi connectivity index (χ4n) is 2.79. The van der Waals surface area contributed by atoms with Gasteiger partial charge >= 0.3 is 0 Å². The summed E-state index contributed by atoms with van der Waals surface area (Å²) in [5.41, 5.74) is 16.4. The Bertz CT molecular complexity index is 782. The highest BCUT2D eigenvalue weighted by atomic mass is 16.1. The molecule has 1 aromatic heterocycles. The van der Waals surface area contributed by atoms with Crippen LogP contribution in [0.25, 0.3) is 5.57 Å². The minimum atomic E-state index is -0.0104. The number of carbonyl (C=O) groups excluding carboxylic acids is 1. The SMILES string of the molecule is C=C1c2ccncc2C(=O)c2c(NCCN)ccc(C)c21.CC.CCCN. The lowest BCUT2D eigenvalue weighted by molar-refractivity contribution is 0.103. The van der Waals surface area contributed by atoms with E-state index in [1.165, 1.54) is 0 Å². The van der Waals surface area contributed by atoms with Crippen LogP contribution in [0.15, 0.2) is 37.2 Å². The first-order valence-corrected chi connectivity index (χ1v) is 9.52. The molecule has 2 aromatic rings. The van der Waals surface area contributed by atoms with E-state index < -0.39 is 0 Å². The van der Waals surface area contributed by atoms with Crippen molar-refractivity contribution in [2.24, 2.45) is 11.5 Å². The molecule has 0 atom stereocenters. The van der Waals surface area contributed by atoms with Gasteiger partial charge in [0.1, 0.15) is 0 Å². The van der Waals surface area contributed by atoms with Crippen molar-refractivity contribution in [2.75, 3.05) is 25.0 Å². The number of hydrogen-bond acceptors (Lipinski definition) is 5. The number of fused-ring (bicyclic) bond motifs is 2. The molecule has 0 spiro atoms. The van der Waals surface area contributed by atoms with Crippen LogP contribution in [0.4, 0.5) is 5.69 Å². The number of aryl methyl sites for hydroxylation is 1. The Kier molecular flexibility index (Phi) is 9.40. The van der Waals surface area contributed by atoms with Crippen LogP contribution in [-0.2, 0) is 0 Å². The predicted octanol–water partition coefficient (Wildman–Crippen LogP) is 3.75. The molecule has 0 amide bonds. The van der Waals surface area contributed by atoms with Gasteiger partial charge in [-0.05, 0) is 54.3 Å². The number of anilines is 1. The molecule has 27 heavy (non-hydrogen) atoms. The summed E-state index contributed by atoms with van der Waals surface area (Å²) in [6, 6.07) is 5.77. The van der Waals surface area contributed by atoms with E-state index in [0.29, 0.717) is 24.2 Å². The summed E-state index contributed by atoms with van der Waals surface area (Å²) in [5.74, 6) is -0.0104. The molecule has 0 radical (unpaired) electrons. The lowest BCUT2D eigenvalue weighted by Gasteiger charge is -2.24. The molecule has 0 saturated heterocycles. The van der Waals surface area contributed by atoms with Crippen LogP contribution in [0.5, 0.6) is 0 Å². The maximum atomic E-state index is 12.8. The Morgan fingerprint density at radius 3 is 2.33 bits per heavy atom. The second-order valence-electron chi connectivity index (χ2n) is 5.91. The zero-order valence-electron chi connectivity index (χ0n) is 16.9. The number of hydrogen-bond donors (Lipinski definition) is 3. The van der Waals surface area contributed by atoms with E-state index in [9.17, 15) is 4.79 Å². The van der Waals surface area contributed by atoms with Crippen molar-refractivity contribution in [3.05, 3.63) is 65.0 Å². The van der Waals surface area contributed by atoms with Crippen molar-refractivity contribution in [2.45, 2.75) is 34.1 Å². The number of rotatable bonds is 4. The van der Waals surface area contributed by atoms with Crippen LogP contribution in [0.2, 0.25) is 0 Å². The molecular formula is C22H32N4O. The zero-order chi connectivity index (χ0) is 20.4. The summed E-state index contributed by atoms with van der Waals surface area (Å²) < 4.78 is 0. The Morgan fingerprint density at radius 2 is 1.74 bits per heavy atom. The maximum Gasteiger partial charge on any atom is 0.197 e. The van der Waals surface area contributed by atoms with Crippen molar-refractivity contribution >= 4 is 17.0 Å². The summed E-state index contributed by atoms with van der Waals surface area (Å²) in [7, 11) is 0. The Labute approximate surface area is 162 Å². The van der Waals surface area contributed by atoms with E-state index in [2.05, 4.69) is 23.8 Å². The summed E-state index contributed by atoms with van der Waals surface area (Å²) >= 11 is 0. The van der Waals surface area contributed by atoms with Crippen LogP contribution in [0.3, 0.4) is 0 Å². The predicted molar refractivity (Wildman–Crippen MR) is 115 cm³/mol. The van der Waals surface area contributed by atoms with E-state index in [0.717, 1.165) is 40.9 Å². The molecule has 1 aliphatic carbocycles. The van der Waals surface area contributed by atoms with Gasteiger partial charge in [-0.3, -0.25) is 9.78 Å². The number of ketones is 1. The molecule has 1 heterocycles. The molecule has 0 saturated carbocycles. The normalized spacial score (nSPS) is 11.3. The number of nitrogens with two attached hydrogens (primary N) is 2. The lowest BCUT2D eigenvalue weighted by Crippen LogP contribution is -2.20. The molecule has 3 rings (SSSR count). The van der Waals surface area contributed by atoms with Gasteiger partial charge in [0.15, 0.2) is 5.78 Å². The van der Waals surface area contributed by atoms with Crippen LogP contribution in [0, 0.1) is 6.92 Å². The van der Waals surface area contributed by atoms with E-state index in [1.807, 2.05) is 39.0 Å². The molecule has 5 heteroatoms. The largest absolute Gasteiger partial charge is 0.383 e. The molecular weight excluding hydrogens is 336 g/mol. The van der Waals surface area contributed by atoms with Gasteiger partial charge in [0.2, 0.25) is 0 Å². The molecule has 5 N–H and O–H groups in total. The summed E-state index contributed by atoms with van der Waals surface area (Å²) in [4.78, 5) is 16.9. The minimum absolute atomic E-state index is 0.0104. The van der Waals surface area contributed by atoms with Crippen molar-refractivity contribution < 1.29 is 4.79 Å². The second-order valence-corrected chi connectivity index (χ2v) is 5.91. The smallest absolute Gasteiger partial charge is 0.197 e. The van der Waals surface area contributed by atoms with Crippen molar-refractivity contribution in [1.82, 2.24) is 4.98 Å².